The van der Waals surface area contributed by atoms with Crippen molar-refractivity contribution in [2.75, 3.05) is 13.1 Å². The van der Waals surface area contributed by atoms with Crippen LogP contribution in [0.25, 0.3) is 0 Å². The van der Waals surface area contributed by atoms with Gasteiger partial charge in [-0.2, -0.15) is 0 Å². The summed E-state index contributed by atoms with van der Waals surface area (Å²) in [5, 5.41) is 11.6. The highest BCUT2D eigenvalue weighted by Crippen LogP contribution is 2.47. The molecular formula is C14H26N2O3. The number of nitrogens with one attached hydrogen (secondary N) is 1. The largest absolute Gasteiger partial charge is 0.481 e. The molecule has 5 heteroatoms. The summed E-state index contributed by atoms with van der Waals surface area (Å²) < 4.78 is 0. The number of carbonyl (C=O) groups excluding carboxylic acids is 1. The Hall–Kier alpha value is -1.26. The maximum absolute atomic E-state index is 12.1. The molecule has 5 nitrogen and oxygen atoms in total. The first kappa shape index (κ1) is 15.8. The summed E-state index contributed by atoms with van der Waals surface area (Å²) in [6, 6.07) is 0.0192. The van der Waals surface area contributed by atoms with Crippen molar-refractivity contribution in [1.29, 1.82) is 0 Å². The summed E-state index contributed by atoms with van der Waals surface area (Å²) in [6.45, 7) is 7.30. The quantitative estimate of drug-likeness (QED) is 0.712. The molecule has 1 aliphatic rings. The number of hydrogen-bond acceptors (Lipinski definition) is 2. The molecule has 110 valence electrons. The van der Waals surface area contributed by atoms with Crippen LogP contribution in [0.5, 0.6) is 0 Å². The van der Waals surface area contributed by atoms with E-state index in [9.17, 15) is 9.59 Å². The van der Waals surface area contributed by atoms with Crippen molar-refractivity contribution in [3.8, 4) is 0 Å². The van der Waals surface area contributed by atoms with Gasteiger partial charge in [0.15, 0.2) is 0 Å². The fraction of sp³-hybridized carbons (Fsp3) is 0.857. The second-order valence-corrected chi connectivity index (χ2v) is 5.80. The van der Waals surface area contributed by atoms with Crippen LogP contribution in [0.15, 0.2) is 0 Å². The highest BCUT2D eigenvalue weighted by atomic mass is 16.4. The van der Waals surface area contributed by atoms with Crippen LogP contribution >= 0.6 is 0 Å². The minimum absolute atomic E-state index is 0.0693. The molecule has 1 aliphatic carbocycles. The first-order chi connectivity index (χ1) is 8.90. The van der Waals surface area contributed by atoms with Gasteiger partial charge in [0, 0.05) is 25.6 Å². The number of nitrogens with zero attached hydrogens (tertiary/aromatic N) is 1. The molecule has 0 heterocycles. The van der Waals surface area contributed by atoms with E-state index in [1.807, 2.05) is 13.8 Å². The zero-order valence-electron chi connectivity index (χ0n) is 12.2. The highest BCUT2D eigenvalue weighted by Gasteiger charge is 2.40. The van der Waals surface area contributed by atoms with Gasteiger partial charge in [0.1, 0.15) is 0 Å². The molecule has 1 fully saturated rings. The van der Waals surface area contributed by atoms with Crippen LogP contribution in [0.1, 0.15) is 52.9 Å². The summed E-state index contributed by atoms with van der Waals surface area (Å²) in [6.07, 6.45) is 4.11. The number of urea groups is 1. The van der Waals surface area contributed by atoms with Gasteiger partial charge in [-0.1, -0.05) is 6.92 Å². The van der Waals surface area contributed by atoms with E-state index in [2.05, 4.69) is 12.2 Å². The lowest BCUT2D eigenvalue weighted by molar-refractivity contribution is -0.137. The van der Waals surface area contributed by atoms with Gasteiger partial charge < -0.3 is 15.3 Å². The minimum Gasteiger partial charge on any atom is -0.481 e. The second-order valence-electron chi connectivity index (χ2n) is 5.80. The molecule has 0 atom stereocenters. The standard InChI is InChI=1S/C14H26N2O3/c1-4-14(7-8-14)10-15-13(19)16(11(2)3)9-5-6-12(17)18/h11H,4-10H2,1-3H3,(H,15,19)(H,17,18). The molecule has 0 aromatic heterocycles. The van der Waals surface area contributed by atoms with Crippen LogP contribution in [-0.4, -0.2) is 41.1 Å². The number of carboxylic acids is 1. The minimum atomic E-state index is -0.813. The fourth-order valence-corrected chi connectivity index (χ4v) is 2.19. The van der Waals surface area contributed by atoms with E-state index in [1.54, 1.807) is 4.90 Å². The molecular weight excluding hydrogens is 244 g/mol. The van der Waals surface area contributed by atoms with E-state index >= 15 is 0 Å². The Morgan fingerprint density at radius 1 is 1.37 bits per heavy atom. The lowest BCUT2D eigenvalue weighted by atomic mass is 10.0. The molecule has 0 aliphatic heterocycles. The lowest BCUT2D eigenvalue weighted by Gasteiger charge is -2.28. The average molecular weight is 270 g/mol. The maximum Gasteiger partial charge on any atom is 0.317 e. The molecule has 2 amide bonds. The Morgan fingerprint density at radius 3 is 2.42 bits per heavy atom. The van der Waals surface area contributed by atoms with Crippen LogP contribution in [0, 0.1) is 5.41 Å². The number of carbonyl (C=O) groups is 2. The van der Waals surface area contributed by atoms with Crippen molar-refractivity contribution in [1.82, 2.24) is 10.2 Å². The fourth-order valence-electron chi connectivity index (χ4n) is 2.19. The highest BCUT2D eigenvalue weighted by molar-refractivity contribution is 5.74. The number of carboxylic acid groups (broad SMARTS) is 1. The number of aliphatic carboxylic acids is 1. The summed E-state index contributed by atoms with van der Waals surface area (Å²) >= 11 is 0. The molecule has 1 rings (SSSR count). The van der Waals surface area contributed by atoms with E-state index < -0.39 is 5.97 Å². The van der Waals surface area contributed by atoms with Crippen LogP contribution in [0.2, 0.25) is 0 Å². The van der Waals surface area contributed by atoms with E-state index in [4.69, 9.17) is 5.11 Å². The van der Waals surface area contributed by atoms with E-state index in [0.29, 0.717) is 18.4 Å². The first-order valence-corrected chi connectivity index (χ1v) is 7.16. The summed E-state index contributed by atoms with van der Waals surface area (Å²) in [5.41, 5.74) is 0.333. The predicted octanol–water partition coefficient (Wildman–Crippen LogP) is 2.46. The Bertz CT molecular complexity index is 325. The van der Waals surface area contributed by atoms with Gasteiger partial charge in [-0.3, -0.25) is 4.79 Å². The van der Waals surface area contributed by atoms with Gasteiger partial charge in [-0.25, -0.2) is 4.79 Å². The van der Waals surface area contributed by atoms with Gasteiger partial charge >= 0.3 is 12.0 Å². The Balaban J connectivity index is 2.37. The van der Waals surface area contributed by atoms with Crippen molar-refractivity contribution >= 4 is 12.0 Å². The van der Waals surface area contributed by atoms with Crippen LogP contribution in [0.4, 0.5) is 4.79 Å². The summed E-state index contributed by atoms with van der Waals surface area (Å²) in [4.78, 5) is 24.3. The van der Waals surface area contributed by atoms with E-state index in [0.717, 1.165) is 13.0 Å². The topological polar surface area (TPSA) is 69.6 Å². The van der Waals surface area contributed by atoms with Crippen LogP contribution in [-0.2, 0) is 4.79 Å². The zero-order valence-corrected chi connectivity index (χ0v) is 12.2. The van der Waals surface area contributed by atoms with Crippen molar-refractivity contribution in [3.63, 3.8) is 0 Å². The van der Waals surface area contributed by atoms with Crippen molar-refractivity contribution in [3.05, 3.63) is 0 Å². The molecule has 0 bridgehead atoms. The van der Waals surface area contributed by atoms with Crippen LogP contribution in [0.3, 0.4) is 0 Å². The summed E-state index contributed by atoms with van der Waals surface area (Å²) in [7, 11) is 0. The van der Waals surface area contributed by atoms with Gasteiger partial charge in [-0.05, 0) is 44.9 Å². The molecule has 0 aromatic carbocycles. The smallest absolute Gasteiger partial charge is 0.317 e. The molecule has 0 radical (unpaired) electrons. The monoisotopic (exact) mass is 270 g/mol. The Labute approximate surface area is 115 Å². The average Bonchev–Trinajstić information content (AvgIpc) is 3.11. The normalized spacial score (nSPS) is 16.2. The number of hydrogen-bond donors (Lipinski definition) is 2. The molecule has 19 heavy (non-hydrogen) atoms. The molecule has 0 spiro atoms. The van der Waals surface area contributed by atoms with E-state index in [1.165, 1.54) is 12.8 Å². The van der Waals surface area contributed by atoms with E-state index in [-0.39, 0.29) is 18.5 Å². The van der Waals surface area contributed by atoms with Crippen molar-refractivity contribution in [2.24, 2.45) is 5.41 Å². The molecule has 0 aromatic rings. The van der Waals surface area contributed by atoms with Gasteiger partial charge in [0.05, 0.1) is 0 Å². The van der Waals surface area contributed by atoms with Crippen molar-refractivity contribution in [2.45, 2.75) is 58.9 Å². The van der Waals surface area contributed by atoms with Crippen molar-refractivity contribution < 1.29 is 14.7 Å². The predicted molar refractivity (Wildman–Crippen MR) is 74.1 cm³/mol. The molecule has 0 saturated heterocycles. The molecule has 0 unspecified atom stereocenters. The maximum atomic E-state index is 12.1. The third kappa shape index (κ3) is 5.09. The van der Waals surface area contributed by atoms with Gasteiger partial charge in [0.2, 0.25) is 0 Å². The van der Waals surface area contributed by atoms with Gasteiger partial charge in [0.25, 0.3) is 0 Å². The SMILES string of the molecule is CCC1(CNC(=O)N(CCCC(=O)O)C(C)C)CC1. The molecule has 1 saturated carbocycles. The number of rotatable bonds is 8. The van der Waals surface area contributed by atoms with Gasteiger partial charge in [-0.15, -0.1) is 0 Å². The zero-order chi connectivity index (χ0) is 14.5. The molecule has 2 N–H and O–H groups in total. The third-order valence-electron chi connectivity index (χ3n) is 4.00. The number of amides is 2. The van der Waals surface area contributed by atoms with Crippen LogP contribution < -0.4 is 5.32 Å². The lowest BCUT2D eigenvalue weighted by Crippen LogP contribution is -2.46. The second kappa shape index (κ2) is 6.78. The third-order valence-corrected chi connectivity index (χ3v) is 4.00. The first-order valence-electron chi connectivity index (χ1n) is 7.16. The Kier molecular flexibility index (Phi) is 5.63. The Morgan fingerprint density at radius 2 is 2.00 bits per heavy atom. The summed E-state index contributed by atoms with van der Waals surface area (Å²) in [5.74, 6) is -0.813.